The van der Waals surface area contributed by atoms with E-state index in [0.717, 1.165) is 32.6 Å². The van der Waals surface area contributed by atoms with Gasteiger partial charge in [0.05, 0.1) is 5.75 Å². The minimum absolute atomic E-state index is 0.279. The van der Waals surface area contributed by atoms with Crippen molar-refractivity contribution < 1.29 is 8.42 Å². The van der Waals surface area contributed by atoms with Crippen molar-refractivity contribution in [2.45, 2.75) is 19.8 Å². The second-order valence-electron chi connectivity index (χ2n) is 4.51. The van der Waals surface area contributed by atoms with Crippen molar-refractivity contribution in [1.82, 2.24) is 9.62 Å². The smallest absolute Gasteiger partial charge is 0.214 e. The molecule has 0 radical (unpaired) electrons. The molecule has 0 aromatic rings. The third kappa shape index (κ3) is 1.68. The normalized spacial score (nSPS) is 26.6. The summed E-state index contributed by atoms with van der Waals surface area (Å²) < 4.78 is 25.0. The maximum Gasteiger partial charge on any atom is 0.214 e. The minimum Gasteiger partial charge on any atom is -0.316 e. The van der Waals surface area contributed by atoms with E-state index in [1.54, 1.807) is 4.31 Å². The summed E-state index contributed by atoms with van der Waals surface area (Å²) in [5.74, 6) is 0.302. The lowest BCUT2D eigenvalue weighted by Crippen LogP contribution is -2.59. The molecule has 0 aromatic heterocycles. The highest BCUT2D eigenvalue weighted by Crippen LogP contribution is 2.37. The van der Waals surface area contributed by atoms with E-state index in [0.29, 0.717) is 12.2 Å². The SMILES string of the molecule is CCCS(=O)(=O)N1CC2(CCNC2)C1. The zero-order chi connectivity index (χ0) is 10.2. The molecule has 5 heteroatoms. The summed E-state index contributed by atoms with van der Waals surface area (Å²) in [6.07, 6.45) is 1.84. The molecule has 2 saturated heterocycles. The largest absolute Gasteiger partial charge is 0.316 e. The summed E-state index contributed by atoms with van der Waals surface area (Å²) >= 11 is 0. The van der Waals surface area contributed by atoms with Gasteiger partial charge < -0.3 is 5.32 Å². The van der Waals surface area contributed by atoms with Crippen molar-refractivity contribution >= 4 is 10.0 Å². The molecule has 0 saturated carbocycles. The van der Waals surface area contributed by atoms with Gasteiger partial charge in [-0.3, -0.25) is 0 Å². The van der Waals surface area contributed by atoms with Gasteiger partial charge in [0.2, 0.25) is 10.0 Å². The standard InChI is InChI=1S/C9H18N2O2S/c1-2-5-14(12,13)11-7-9(8-11)3-4-10-6-9/h10H,2-8H2,1H3. The van der Waals surface area contributed by atoms with Crippen molar-refractivity contribution in [2.24, 2.45) is 5.41 Å². The van der Waals surface area contributed by atoms with Gasteiger partial charge in [-0.15, -0.1) is 0 Å². The van der Waals surface area contributed by atoms with E-state index in [1.807, 2.05) is 6.92 Å². The van der Waals surface area contributed by atoms with E-state index in [9.17, 15) is 8.42 Å². The van der Waals surface area contributed by atoms with Crippen LogP contribution >= 0.6 is 0 Å². The van der Waals surface area contributed by atoms with Gasteiger partial charge in [-0.05, 0) is 19.4 Å². The molecule has 1 N–H and O–H groups in total. The zero-order valence-corrected chi connectivity index (χ0v) is 9.44. The number of rotatable bonds is 3. The summed E-state index contributed by atoms with van der Waals surface area (Å²) in [5, 5.41) is 3.30. The number of hydrogen-bond acceptors (Lipinski definition) is 3. The average Bonchev–Trinajstić information content (AvgIpc) is 2.48. The first-order valence-corrected chi connectivity index (χ1v) is 6.87. The van der Waals surface area contributed by atoms with Crippen LogP contribution in [0.1, 0.15) is 19.8 Å². The highest BCUT2D eigenvalue weighted by molar-refractivity contribution is 7.89. The molecule has 82 valence electrons. The molecule has 4 nitrogen and oxygen atoms in total. The molecule has 2 fully saturated rings. The fourth-order valence-electron chi connectivity index (χ4n) is 2.35. The molecule has 2 aliphatic rings. The molecule has 2 aliphatic heterocycles. The van der Waals surface area contributed by atoms with Crippen LogP contribution in [-0.4, -0.2) is 44.7 Å². The lowest BCUT2D eigenvalue weighted by atomic mass is 9.81. The van der Waals surface area contributed by atoms with Crippen LogP contribution in [0.5, 0.6) is 0 Å². The summed E-state index contributed by atoms with van der Waals surface area (Å²) in [6.45, 7) is 5.42. The Balaban J connectivity index is 1.93. The number of nitrogens with one attached hydrogen (secondary N) is 1. The molecule has 1 spiro atoms. The van der Waals surface area contributed by atoms with Crippen molar-refractivity contribution in [3.63, 3.8) is 0 Å². The topological polar surface area (TPSA) is 49.4 Å². The van der Waals surface area contributed by atoms with Crippen LogP contribution in [0.3, 0.4) is 0 Å². The Labute approximate surface area is 85.7 Å². The fourth-order valence-corrected chi connectivity index (χ4v) is 4.07. The molecule has 0 unspecified atom stereocenters. The Kier molecular flexibility index (Phi) is 2.57. The van der Waals surface area contributed by atoms with Crippen LogP contribution in [0.15, 0.2) is 0 Å². The van der Waals surface area contributed by atoms with Crippen LogP contribution in [-0.2, 0) is 10.0 Å². The van der Waals surface area contributed by atoms with Crippen LogP contribution in [0.25, 0.3) is 0 Å². The Morgan fingerprint density at radius 2 is 2.14 bits per heavy atom. The average molecular weight is 218 g/mol. The molecule has 0 atom stereocenters. The Hall–Kier alpha value is -0.130. The van der Waals surface area contributed by atoms with E-state index < -0.39 is 10.0 Å². The van der Waals surface area contributed by atoms with Crippen LogP contribution in [0.2, 0.25) is 0 Å². The molecule has 2 rings (SSSR count). The second-order valence-corrected chi connectivity index (χ2v) is 6.60. The highest BCUT2D eigenvalue weighted by atomic mass is 32.2. The van der Waals surface area contributed by atoms with Crippen molar-refractivity contribution in [3.8, 4) is 0 Å². The summed E-state index contributed by atoms with van der Waals surface area (Å²) in [4.78, 5) is 0. The molecular formula is C9H18N2O2S. The van der Waals surface area contributed by atoms with Crippen LogP contribution in [0.4, 0.5) is 0 Å². The quantitative estimate of drug-likeness (QED) is 0.726. The highest BCUT2D eigenvalue weighted by Gasteiger charge is 2.48. The molecule has 0 aliphatic carbocycles. The van der Waals surface area contributed by atoms with E-state index in [-0.39, 0.29) is 5.41 Å². The second kappa shape index (κ2) is 3.47. The molecule has 0 bridgehead atoms. The van der Waals surface area contributed by atoms with E-state index in [1.165, 1.54) is 0 Å². The van der Waals surface area contributed by atoms with Crippen LogP contribution in [0, 0.1) is 5.41 Å². The maximum absolute atomic E-state index is 11.7. The minimum atomic E-state index is -2.93. The van der Waals surface area contributed by atoms with E-state index in [2.05, 4.69) is 5.32 Å². The van der Waals surface area contributed by atoms with Gasteiger partial charge in [0.1, 0.15) is 0 Å². The van der Waals surface area contributed by atoms with Crippen molar-refractivity contribution in [2.75, 3.05) is 31.9 Å². The number of sulfonamides is 1. The Morgan fingerprint density at radius 1 is 1.43 bits per heavy atom. The van der Waals surface area contributed by atoms with Gasteiger partial charge in [0.25, 0.3) is 0 Å². The predicted octanol–water partition coefficient (Wildman–Crippen LogP) is 0.0215. The Bertz CT molecular complexity index is 299. The van der Waals surface area contributed by atoms with E-state index >= 15 is 0 Å². The van der Waals surface area contributed by atoms with Gasteiger partial charge >= 0.3 is 0 Å². The van der Waals surface area contributed by atoms with Gasteiger partial charge in [0.15, 0.2) is 0 Å². The van der Waals surface area contributed by atoms with Crippen LogP contribution < -0.4 is 5.32 Å². The van der Waals surface area contributed by atoms with Gasteiger partial charge in [0, 0.05) is 25.0 Å². The molecule has 14 heavy (non-hydrogen) atoms. The van der Waals surface area contributed by atoms with Gasteiger partial charge in [-0.25, -0.2) is 12.7 Å². The molecule has 0 aromatic carbocycles. The maximum atomic E-state index is 11.7. The number of hydrogen-bond donors (Lipinski definition) is 1. The lowest BCUT2D eigenvalue weighted by Gasteiger charge is -2.46. The molecule has 2 heterocycles. The lowest BCUT2D eigenvalue weighted by molar-refractivity contribution is 0.0918. The van der Waals surface area contributed by atoms with Gasteiger partial charge in [-0.2, -0.15) is 0 Å². The fraction of sp³-hybridized carbons (Fsp3) is 1.00. The first kappa shape index (κ1) is 10.4. The third-order valence-electron chi connectivity index (χ3n) is 3.21. The summed E-state index contributed by atoms with van der Waals surface area (Å²) in [5.41, 5.74) is 0.279. The zero-order valence-electron chi connectivity index (χ0n) is 8.62. The van der Waals surface area contributed by atoms with Gasteiger partial charge in [-0.1, -0.05) is 6.92 Å². The first-order valence-electron chi connectivity index (χ1n) is 5.27. The molecular weight excluding hydrogens is 200 g/mol. The summed E-state index contributed by atoms with van der Waals surface area (Å²) in [6, 6.07) is 0. The third-order valence-corrected chi connectivity index (χ3v) is 5.18. The Morgan fingerprint density at radius 3 is 2.64 bits per heavy atom. The molecule has 0 amide bonds. The van der Waals surface area contributed by atoms with Crippen molar-refractivity contribution in [1.29, 1.82) is 0 Å². The summed E-state index contributed by atoms with van der Waals surface area (Å²) in [7, 11) is -2.93. The van der Waals surface area contributed by atoms with E-state index in [4.69, 9.17) is 0 Å². The number of nitrogens with zero attached hydrogens (tertiary/aromatic N) is 1. The predicted molar refractivity (Wildman–Crippen MR) is 55.6 cm³/mol. The first-order chi connectivity index (χ1) is 6.58. The van der Waals surface area contributed by atoms with Crippen molar-refractivity contribution in [3.05, 3.63) is 0 Å². The monoisotopic (exact) mass is 218 g/mol.